The Morgan fingerprint density at radius 2 is 1.11 bits per heavy atom. The maximum Gasteiger partial charge on any atom is 0.254 e. The summed E-state index contributed by atoms with van der Waals surface area (Å²) in [6.07, 6.45) is 1.13. The Labute approximate surface area is 203 Å². The quantitative estimate of drug-likeness (QED) is 0.211. The molecule has 1 aromatic heterocycles. The number of rotatable bonds is 5. The molecule has 2 aliphatic rings. The first-order valence-corrected chi connectivity index (χ1v) is 11.2. The zero-order valence-corrected chi connectivity index (χ0v) is 19.1. The van der Waals surface area contributed by atoms with Crippen LogP contribution in [0.1, 0.15) is 23.2 Å². The van der Waals surface area contributed by atoms with E-state index in [9.17, 15) is 22.4 Å². The highest BCUT2D eigenvalue weighted by Gasteiger charge is 2.31. The van der Waals surface area contributed by atoms with Crippen molar-refractivity contribution in [1.82, 2.24) is 15.0 Å². The van der Waals surface area contributed by atoms with Gasteiger partial charge < -0.3 is 43.8 Å². The molecule has 2 saturated heterocycles. The van der Waals surface area contributed by atoms with Gasteiger partial charge in [-0.2, -0.15) is 15.0 Å². The minimum atomic E-state index is -1.96. The zero-order valence-electron chi connectivity index (χ0n) is 19.1. The minimum Gasteiger partial charge on any atom is -0.365 e. The van der Waals surface area contributed by atoms with E-state index in [1.807, 2.05) is 0 Å². The van der Waals surface area contributed by atoms with Crippen molar-refractivity contribution in [2.75, 3.05) is 41.3 Å². The third-order valence-electron chi connectivity index (χ3n) is 5.95. The molecule has 0 radical (unpaired) electrons. The Bertz CT molecular complexity index is 1080. The molecule has 36 heavy (non-hydrogen) atoms. The van der Waals surface area contributed by atoms with E-state index in [2.05, 4.69) is 20.3 Å². The summed E-state index contributed by atoms with van der Waals surface area (Å²) < 4.78 is 58.0. The number of amides is 1. The second-order valence-electron chi connectivity index (χ2n) is 9.08. The zero-order chi connectivity index (χ0) is 26.3. The molecule has 2 aromatic rings. The molecule has 12 nitrogen and oxygen atoms in total. The Hall–Kier alpha value is -3.34. The predicted molar refractivity (Wildman–Crippen MR) is 123 cm³/mol. The van der Waals surface area contributed by atoms with Gasteiger partial charge in [0.2, 0.25) is 17.8 Å². The number of carbonyl (C=O) groups is 1. The van der Waals surface area contributed by atoms with Crippen LogP contribution in [0.4, 0.5) is 41.1 Å². The molecule has 0 bridgehead atoms. The average Bonchev–Trinajstić information content (AvgIpc) is 2.79. The monoisotopic (exact) mass is 513 g/mol. The van der Waals surface area contributed by atoms with E-state index in [1.54, 1.807) is 9.80 Å². The van der Waals surface area contributed by atoms with Crippen LogP contribution in [0, 0.1) is 23.3 Å². The molecule has 0 aliphatic carbocycles. The molecule has 0 unspecified atom stereocenters. The largest absolute Gasteiger partial charge is 0.365 e. The van der Waals surface area contributed by atoms with Crippen molar-refractivity contribution in [1.29, 1.82) is 0 Å². The van der Waals surface area contributed by atoms with Crippen LogP contribution in [-0.4, -0.2) is 71.2 Å². The van der Waals surface area contributed by atoms with Gasteiger partial charge in [0.15, 0.2) is 23.3 Å². The van der Waals surface area contributed by atoms with Crippen molar-refractivity contribution in [2.45, 2.75) is 37.0 Å². The molecule has 1 amide bonds. The van der Waals surface area contributed by atoms with Crippen LogP contribution in [0.3, 0.4) is 0 Å². The number of carbonyl (C=O) groups excluding carboxylic acids is 1. The number of benzene rings is 1. The van der Waals surface area contributed by atoms with Crippen LogP contribution < -0.4 is 43.8 Å². The van der Waals surface area contributed by atoms with Gasteiger partial charge in [0.25, 0.3) is 5.91 Å². The lowest BCUT2D eigenvalue weighted by Crippen LogP contribution is -2.54. The standard InChI is InChI=1S/C20H27F4N11O/c21-12-11(17(29)36)13(22)15(24)16(14(12)23)30-18-31-19(34-3-7(25)1-8(26)4-34)33-20(32-18)35-5-9(27)2-10(28)6-35/h7-10H,1-6,25-28H2,(H2,29,36)(H,30,31,32,33)/t7-,8+,9-,10+. The molecule has 4 rings (SSSR count). The number of halogens is 4. The second-order valence-corrected chi connectivity index (χ2v) is 9.08. The average molecular weight is 514 g/mol. The van der Waals surface area contributed by atoms with Crippen molar-refractivity contribution in [3.05, 3.63) is 28.8 Å². The smallest absolute Gasteiger partial charge is 0.254 e. The molecule has 0 saturated carbocycles. The Morgan fingerprint density at radius 1 is 0.722 bits per heavy atom. The summed E-state index contributed by atoms with van der Waals surface area (Å²) in [5.74, 6) is -9.65. The number of nitrogens with zero attached hydrogens (tertiary/aromatic N) is 5. The first-order chi connectivity index (χ1) is 16.9. The van der Waals surface area contributed by atoms with Crippen LogP contribution in [0.25, 0.3) is 0 Å². The van der Waals surface area contributed by atoms with Crippen LogP contribution >= 0.6 is 0 Å². The van der Waals surface area contributed by atoms with E-state index in [1.165, 1.54) is 0 Å². The van der Waals surface area contributed by atoms with Gasteiger partial charge in [-0.15, -0.1) is 0 Å². The summed E-state index contributed by atoms with van der Waals surface area (Å²) in [4.78, 5) is 27.4. The third kappa shape index (κ3) is 5.11. The molecule has 1 aromatic carbocycles. The van der Waals surface area contributed by atoms with Crippen LogP contribution in [0.15, 0.2) is 0 Å². The highest BCUT2D eigenvalue weighted by molar-refractivity contribution is 5.94. The fourth-order valence-corrected chi connectivity index (χ4v) is 4.45. The minimum absolute atomic E-state index is 0.0660. The van der Waals surface area contributed by atoms with E-state index in [0.717, 1.165) is 0 Å². The van der Waals surface area contributed by atoms with Crippen LogP contribution in [-0.2, 0) is 0 Å². The van der Waals surface area contributed by atoms with E-state index in [-0.39, 0.29) is 36.1 Å². The van der Waals surface area contributed by atoms with Gasteiger partial charge in [-0.3, -0.25) is 4.79 Å². The van der Waals surface area contributed by atoms with E-state index in [4.69, 9.17) is 28.7 Å². The topological polar surface area (TPSA) is 204 Å². The lowest BCUT2D eigenvalue weighted by Gasteiger charge is -2.37. The fraction of sp³-hybridized carbons (Fsp3) is 0.500. The highest BCUT2D eigenvalue weighted by Crippen LogP contribution is 2.31. The predicted octanol–water partition coefficient (Wildman–Crippen LogP) is -1.00. The maximum atomic E-state index is 14.7. The second kappa shape index (κ2) is 9.96. The Kier molecular flexibility index (Phi) is 7.12. The summed E-state index contributed by atoms with van der Waals surface area (Å²) in [7, 11) is 0. The van der Waals surface area contributed by atoms with E-state index >= 15 is 0 Å². The summed E-state index contributed by atoms with van der Waals surface area (Å²) in [6.45, 7) is 1.31. The summed E-state index contributed by atoms with van der Waals surface area (Å²) >= 11 is 0. The highest BCUT2D eigenvalue weighted by atomic mass is 19.2. The number of piperidine rings is 2. The van der Waals surface area contributed by atoms with Gasteiger partial charge in [0.05, 0.1) is 0 Å². The first-order valence-electron chi connectivity index (χ1n) is 11.2. The number of hydrogen-bond acceptors (Lipinski definition) is 11. The lowest BCUT2D eigenvalue weighted by atomic mass is 10.0. The van der Waals surface area contributed by atoms with Crippen LogP contribution in [0.5, 0.6) is 0 Å². The van der Waals surface area contributed by atoms with Crippen molar-refractivity contribution < 1.29 is 22.4 Å². The number of hydrogen-bond donors (Lipinski definition) is 6. The van der Waals surface area contributed by atoms with Crippen molar-refractivity contribution in [3.63, 3.8) is 0 Å². The fourth-order valence-electron chi connectivity index (χ4n) is 4.45. The molecule has 2 aliphatic heterocycles. The first kappa shape index (κ1) is 25.7. The van der Waals surface area contributed by atoms with Crippen LogP contribution in [0.2, 0.25) is 0 Å². The normalized spacial score (nSPS) is 24.7. The van der Waals surface area contributed by atoms with Crippen molar-refractivity contribution in [3.8, 4) is 0 Å². The maximum absolute atomic E-state index is 14.7. The number of primary amides is 1. The number of aromatic nitrogens is 3. The van der Waals surface area contributed by atoms with Gasteiger partial charge in [-0.1, -0.05) is 0 Å². The van der Waals surface area contributed by atoms with Gasteiger partial charge >= 0.3 is 0 Å². The van der Waals surface area contributed by atoms with E-state index in [0.29, 0.717) is 39.0 Å². The van der Waals surface area contributed by atoms with Gasteiger partial charge in [-0.05, 0) is 12.8 Å². The molecular weight excluding hydrogens is 486 g/mol. The number of anilines is 4. The van der Waals surface area contributed by atoms with Crippen molar-refractivity contribution in [2.24, 2.45) is 28.7 Å². The SMILES string of the molecule is NC(=O)c1c(F)c(F)c(Nc2nc(N3C[C@H](N)C[C@H](N)C3)nc(N3C[C@H](N)C[C@H](N)C3)n2)c(F)c1F. The summed E-state index contributed by atoms with van der Waals surface area (Å²) in [5, 5.41) is 2.17. The Morgan fingerprint density at radius 3 is 1.47 bits per heavy atom. The molecule has 3 heterocycles. The van der Waals surface area contributed by atoms with Gasteiger partial charge in [0, 0.05) is 50.3 Å². The Balaban J connectivity index is 1.78. The summed E-state index contributed by atoms with van der Waals surface area (Å²) in [5.41, 5.74) is 26.3. The molecule has 2 fully saturated rings. The van der Waals surface area contributed by atoms with Gasteiger partial charge in [0.1, 0.15) is 11.3 Å². The lowest BCUT2D eigenvalue weighted by molar-refractivity contribution is 0.0990. The molecule has 4 atom stereocenters. The molecule has 11 N–H and O–H groups in total. The number of nitrogens with one attached hydrogen (secondary N) is 1. The third-order valence-corrected chi connectivity index (χ3v) is 5.95. The molecular formula is C20H27F4N11O. The molecule has 16 heteroatoms. The van der Waals surface area contributed by atoms with Gasteiger partial charge in [-0.25, -0.2) is 17.6 Å². The molecule has 0 spiro atoms. The summed E-state index contributed by atoms with van der Waals surface area (Å²) in [6, 6.07) is -1.16. The van der Waals surface area contributed by atoms with Crippen molar-refractivity contribution >= 4 is 29.4 Å². The van der Waals surface area contributed by atoms with E-state index < -0.39 is 46.4 Å². The molecule has 196 valence electrons. The number of nitrogens with two attached hydrogens (primary N) is 5.